The van der Waals surface area contributed by atoms with Crippen LogP contribution in [-0.4, -0.2) is 40.4 Å². The van der Waals surface area contributed by atoms with Crippen LogP contribution in [0.1, 0.15) is 47.2 Å². The lowest BCUT2D eigenvalue weighted by molar-refractivity contribution is 0.0256. The normalized spacial score (nSPS) is 20.5. The van der Waals surface area contributed by atoms with Crippen LogP contribution in [0.4, 0.5) is 0 Å². The predicted octanol–water partition coefficient (Wildman–Crippen LogP) is 5.18. The molecule has 198 valence electrons. The molecule has 2 aliphatic heterocycles. The Morgan fingerprint density at radius 3 is 1.27 bits per heavy atom. The lowest BCUT2D eigenvalue weighted by Crippen LogP contribution is -2.04. The fourth-order valence-electron chi connectivity index (χ4n) is 5.50. The maximum Gasteiger partial charge on any atom is 0.128 e. The number of nitrogens with zero attached hydrogens (tertiary/aromatic N) is 2. The molecule has 40 heavy (non-hydrogen) atoms. The molecule has 8 heteroatoms. The molecule has 0 saturated carbocycles. The van der Waals surface area contributed by atoms with Crippen molar-refractivity contribution in [3.8, 4) is 22.3 Å². The second-order valence-corrected chi connectivity index (χ2v) is 10.0. The van der Waals surface area contributed by atoms with Gasteiger partial charge >= 0.3 is 0 Å². The summed E-state index contributed by atoms with van der Waals surface area (Å²) in [4.78, 5) is 16.1. The Kier molecular flexibility index (Phi) is 5.83. The van der Waals surface area contributed by atoms with Gasteiger partial charge in [0.25, 0.3) is 0 Å². The first-order chi connectivity index (χ1) is 19.5. The second kappa shape index (κ2) is 9.55. The minimum absolute atomic E-state index is 0.320. The number of fused-ring (bicyclic) bond motifs is 8. The smallest absolute Gasteiger partial charge is 0.128 e. The molecule has 5 aromatic rings. The summed E-state index contributed by atoms with van der Waals surface area (Å²) in [6, 6.07) is 29.9. The van der Waals surface area contributed by atoms with Gasteiger partial charge in [0.05, 0.1) is 22.8 Å². The molecule has 5 heterocycles. The summed E-state index contributed by atoms with van der Waals surface area (Å²) in [6.07, 6.45) is -4.91. The van der Waals surface area contributed by atoms with Crippen molar-refractivity contribution in [1.82, 2.24) is 19.9 Å². The van der Waals surface area contributed by atoms with Crippen molar-refractivity contribution in [3.05, 3.63) is 120 Å². The van der Waals surface area contributed by atoms with Crippen molar-refractivity contribution < 1.29 is 20.4 Å². The van der Waals surface area contributed by atoms with Gasteiger partial charge in [0.2, 0.25) is 0 Å². The van der Waals surface area contributed by atoms with Gasteiger partial charge in [-0.25, -0.2) is 0 Å². The van der Waals surface area contributed by atoms with Crippen LogP contribution in [0, 0.1) is 0 Å². The molecule has 0 spiro atoms. The summed E-state index contributed by atoms with van der Waals surface area (Å²) in [5.41, 5.74) is 6.90. The van der Waals surface area contributed by atoms with E-state index in [1.807, 2.05) is 84.9 Å². The van der Waals surface area contributed by atoms with Crippen LogP contribution in [0.5, 0.6) is 0 Å². The molecule has 8 nitrogen and oxygen atoms in total. The van der Waals surface area contributed by atoms with E-state index in [-0.39, 0.29) is 0 Å². The van der Waals surface area contributed by atoms with Crippen molar-refractivity contribution in [2.24, 2.45) is 0 Å². The van der Waals surface area contributed by atoms with Gasteiger partial charge in [0.15, 0.2) is 0 Å². The van der Waals surface area contributed by atoms with Gasteiger partial charge in [-0.1, -0.05) is 60.7 Å². The Balaban J connectivity index is 1.62. The minimum Gasteiger partial charge on any atom is -0.384 e. The maximum absolute atomic E-state index is 11.1. The molecule has 6 N–H and O–H groups in total. The van der Waals surface area contributed by atoms with Crippen molar-refractivity contribution in [2.75, 3.05) is 0 Å². The number of rotatable bonds is 2. The number of aromatic amines is 2. The Labute approximate surface area is 228 Å². The van der Waals surface area contributed by atoms with Gasteiger partial charge < -0.3 is 30.4 Å². The van der Waals surface area contributed by atoms with Gasteiger partial charge in [-0.3, -0.25) is 9.97 Å². The summed E-state index contributed by atoms with van der Waals surface area (Å²) >= 11 is 0. The number of aromatic nitrogens is 4. The van der Waals surface area contributed by atoms with Gasteiger partial charge in [0, 0.05) is 33.2 Å². The zero-order valence-electron chi connectivity index (χ0n) is 21.2. The number of H-pyrrole nitrogens is 2. The lowest BCUT2D eigenvalue weighted by Gasteiger charge is -2.11. The standard InChI is InChI=1S/C32H26N4O4/c37-29-23-16-20-12-14-22(34-20)26(18-9-5-2-6-10-18)28-32(40)30(38)24(36-28)15-19-11-13-21(33-19)25(27(35-23)31(29)39)17-7-3-1-4-8-17/h1-16,29-34,37-40H. The quantitative estimate of drug-likeness (QED) is 0.186. The number of aliphatic hydroxyl groups excluding tert-OH is 4. The third kappa shape index (κ3) is 4.02. The topological polar surface area (TPSA) is 138 Å². The Morgan fingerprint density at radius 2 is 0.875 bits per heavy atom. The van der Waals surface area contributed by atoms with Crippen molar-refractivity contribution in [3.63, 3.8) is 0 Å². The first-order valence-corrected chi connectivity index (χ1v) is 13.0. The molecule has 2 aromatic carbocycles. The highest BCUT2D eigenvalue weighted by atomic mass is 16.3. The van der Waals surface area contributed by atoms with Gasteiger partial charge in [-0.2, -0.15) is 0 Å². The first-order valence-electron chi connectivity index (χ1n) is 13.0. The maximum atomic E-state index is 11.1. The van der Waals surface area contributed by atoms with E-state index in [2.05, 4.69) is 9.97 Å². The van der Waals surface area contributed by atoms with Crippen molar-refractivity contribution in [2.45, 2.75) is 24.4 Å². The summed E-state index contributed by atoms with van der Waals surface area (Å²) in [5.74, 6) is 0. The van der Waals surface area contributed by atoms with Crippen LogP contribution in [-0.2, 0) is 0 Å². The number of nitrogens with one attached hydrogen (secondary N) is 2. The number of hydrogen-bond donors (Lipinski definition) is 6. The highest BCUT2D eigenvalue weighted by molar-refractivity contribution is 5.85. The molecule has 4 atom stereocenters. The fraction of sp³-hybridized carbons (Fsp3) is 0.125. The van der Waals surface area contributed by atoms with Gasteiger partial charge in [0.1, 0.15) is 24.4 Å². The molecule has 3 aromatic heterocycles. The fourth-order valence-corrected chi connectivity index (χ4v) is 5.50. The molecule has 0 radical (unpaired) electrons. The van der Waals surface area contributed by atoms with Crippen molar-refractivity contribution in [1.29, 1.82) is 0 Å². The molecule has 4 unspecified atom stereocenters. The Bertz CT molecular complexity index is 1740. The van der Waals surface area contributed by atoms with Crippen LogP contribution in [0.25, 0.3) is 44.3 Å². The van der Waals surface area contributed by atoms with Gasteiger partial charge in [-0.05, 0) is 47.5 Å². The van der Waals surface area contributed by atoms with Crippen LogP contribution in [0.2, 0.25) is 0 Å². The van der Waals surface area contributed by atoms with Gasteiger partial charge in [-0.15, -0.1) is 0 Å². The summed E-state index contributed by atoms with van der Waals surface area (Å²) in [6.45, 7) is 0. The van der Waals surface area contributed by atoms with E-state index in [1.54, 1.807) is 12.1 Å². The van der Waals surface area contributed by atoms with Crippen LogP contribution in [0.3, 0.4) is 0 Å². The average Bonchev–Trinajstić information content (AvgIpc) is 3.74. The molecule has 0 saturated heterocycles. The van der Waals surface area contributed by atoms with Crippen LogP contribution < -0.4 is 0 Å². The molecule has 0 fully saturated rings. The third-order valence-electron chi connectivity index (χ3n) is 7.46. The molecule has 0 amide bonds. The summed E-state index contributed by atoms with van der Waals surface area (Å²) < 4.78 is 0. The zero-order chi connectivity index (χ0) is 27.4. The molecule has 0 aliphatic carbocycles. The van der Waals surface area contributed by atoms with E-state index < -0.39 is 24.4 Å². The number of benzene rings is 2. The van der Waals surface area contributed by atoms with E-state index in [9.17, 15) is 20.4 Å². The van der Waals surface area contributed by atoms with Crippen LogP contribution in [0.15, 0.2) is 97.1 Å². The van der Waals surface area contributed by atoms with E-state index in [0.717, 1.165) is 11.1 Å². The SMILES string of the molecule is OC1c2cc3ccc([nH]3)c(-c3ccccc3)c3nc(cc4ccc([nH]4)c(-c4ccccc4)c(n2)C1O)C(O)C3O. The molecule has 8 bridgehead atoms. The number of aliphatic hydroxyl groups is 4. The van der Waals surface area contributed by atoms with E-state index in [0.29, 0.717) is 56.0 Å². The summed E-state index contributed by atoms with van der Waals surface area (Å²) in [7, 11) is 0. The minimum atomic E-state index is -1.23. The first kappa shape index (κ1) is 24.4. The molecule has 2 aliphatic rings. The van der Waals surface area contributed by atoms with Crippen LogP contribution >= 0.6 is 0 Å². The predicted molar refractivity (Wildman–Crippen MR) is 152 cm³/mol. The number of hydrogen-bond acceptors (Lipinski definition) is 6. The van der Waals surface area contributed by atoms with E-state index in [1.165, 1.54) is 0 Å². The Morgan fingerprint density at radius 1 is 0.475 bits per heavy atom. The largest absolute Gasteiger partial charge is 0.384 e. The highest BCUT2D eigenvalue weighted by Crippen LogP contribution is 2.41. The van der Waals surface area contributed by atoms with Crippen molar-refractivity contribution >= 4 is 22.1 Å². The third-order valence-corrected chi connectivity index (χ3v) is 7.46. The second-order valence-electron chi connectivity index (χ2n) is 10.0. The van der Waals surface area contributed by atoms with E-state index >= 15 is 0 Å². The van der Waals surface area contributed by atoms with E-state index in [4.69, 9.17) is 9.97 Å². The Hall–Kier alpha value is -4.60. The molecule has 7 rings (SSSR count). The monoisotopic (exact) mass is 530 g/mol. The zero-order valence-corrected chi connectivity index (χ0v) is 21.2. The molecular formula is C32H26N4O4. The molecular weight excluding hydrogens is 504 g/mol. The highest BCUT2D eigenvalue weighted by Gasteiger charge is 2.33. The summed E-state index contributed by atoms with van der Waals surface area (Å²) in [5, 5.41) is 44.3. The lowest BCUT2D eigenvalue weighted by atomic mass is 10.00. The average molecular weight is 531 g/mol.